The summed E-state index contributed by atoms with van der Waals surface area (Å²) in [5, 5.41) is 0. The zero-order chi connectivity index (χ0) is 18.6. The molecular weight excluding hydrogens is 400 g/mol. The van der Waals surface area contributed by atoms with E-state index >= 15 is 0 Å². The van der Waals surface area contributed by atoms with Gasteiger partial charge in [0.2, 0.25) is 16.1 Å². The molecule has 27 heavy (non-hydrogen) atoms. The van der Waals surface area contributed by atoms with Crippen molar-refractivity contribution < 1.29 is 0 Å². The summed E-state index contributed by atoms with van der Waals surface area (Å²) in [6.07, 6.45) is 10.1. The highest BCUT2D eigenvalue weighted by Crippen LogP contribution is 2.50. The number of rotatable bonds is 1. The van der Waals surface area contributed by atoms with Crippen LogP contribution in [0.2, 0.25) is 0 Å². The van der Waals surface area contributed by atoms with E-state index in [4.69, 9.17) is 4.99 Å². The van der Waals surface area contributed by atoms with Crippen LogP contribution in [0.5, 0.6) is 0 Å². The smallest absolute Gasteiger partial charge is 0.245 e. The lowest BCUT2D eigenvalue weighted by Gasteiger charge is -2.36. The number of benzene rings is 1. The standard InChI is InChI=1S/C22H26BrN4/c1-16-19-9-8-18(26-12-10-25(2)11-13-26)15-21(19)27(23)14-4-6-17-5-3-7-20(24-16)22(17)27/h4,6,8-9,14-15H,3,5,7,10-13H2,1-2H3/q+1. The van der Waals surface area contributed by atoms with Gasteiger partial charge in [-0.15, -0.1) is 0 Å². The Morgan fingerprint density at radius 1 is 1.11 bits per heavy atom. The van der Waals surface area contributed by atoms with Crippen LogP contribution in [-0.2, 0) is 0 Å². The Hall–Kier alpha value is -1.69. The molecule has 4 nitrogen and oxygen atoms in total. The highest BCUT2D eigenvalue weighted by Gasteiger charge is 2.44. The van der Waals surface area contributed by atoms with Gasteiger partial charge in [0.15, 0.2) is 11.4 Å². The molecule has 1 saturated heterocycles. The number of nitrogens with zero attached hydrogens (tertiary/aromatic N) is 4. The first-order valence-electron chi connectivity index (χ1n) is 9.91. The maximum atomic E-state index is 5.07. The summed E-state index contributed by atoms with van der Waals surface area (Å²) in [6.45, 7) is 6.56. The number of hydrogen-bond donors (Lipinski definition) is 0. The fourth-order valence-electron chi connectivity index (χ4n) is 4.71. The number of piperazine rings is 1. The topological polar surface area (TPSA) is 18.8 Å². The van der Waals surface area contributed by atoms with Gasteiger partial charge in [-0.05, 0) is 57.5 Å². The summed E-state index contributed by atoms with van der Waals surface area (Å²) in [5.74, 6) is 0. The zero-order valence-electron chi connectivity index (χ0n) is 16.1. The molecule has 0 radical (unpaired) electrons. The third-order valence-electron chi connectivity index (χ3n) is 6.24. The van der Waals surface area contributed by atoms with Crippen LogP contribution in [0.3, 0.4) is 0 Å². The van der Waals surface area contributed by atoms with E-state index in [9.17, 15) is 0 Å². The van der Waals surface area contributed by atoms with Crippen LogP contribution in [0.25, 0.3) is 0 Å². The predicted octanol–water partition coefficient (Wildman–Crippen LogP) is 4.73. The monoisotopic (exact) mass is 425 g/mol. The van der Waals surface area contributed by atoms with Gasteiger partial charge in [0.25, 0.3) is 0 Å². The Balaban J connectivity index is 1.66. The molecule has 0 spiro atoms. The fourth-order valence-corrected chi connectivity index (χ4v) is 5.57. The van der Waals surface area contributed by atoms with Gasteiger partial charge in [-0.2, -0.15) is 3.51 Å². The Kier molecular flexibility index (Phi) is 4.15. The van der Waals surface area contributed by atoms with E-state index in [-0.39, 0.29) is 0 Å². The second-order valence-corrected chi connectivity index (χ2v) is 9.13. The van der Waals surface area contributed by atoms with E-state index < -0.39 is 0 Å². The highest BCUT2D eigenvalue weighted by molar-refractivity contribution is 9.08. The van der Waals surface area contributed by atoms with E-state index in [0.717, 1.165) is 44.7 Å². The molecule has 1 fully saturated rings. The van der Waals surface area contributed by atoms with Crippen LogP contribution in [0.4, 0.5) is 11.4 Å². The third-order valence-corrected chi connectivity index (χ3v) is 7.22. The summed E-state index contributed by atoms with van der Waals surface area (Å²) in [5.41, 5.74) is 8.95. The number of fused-ring (bicyclic) bond motifs is 2. The van der Waals surface area contributed by atoms with Gasteiger partial charge in [-0.1, -0.05) is 0 Å². The van der Waals surface area contributed by atoms with Crippen LogP contribution in [-0.4, -0.2) is 43.8 Å². The lowest BCUT2D eigenvalue weighted by atomic mass is 9.93. The minimum Gasteiger partial charge on any atom is -0.369 e. The Bertz CT molecular complexity index is 918. The van der Waals surface area contributed by atoms with Crippen molar-refractivity contribution in [2.45, 2.75) is 26.2 Å². The molecule has 0 aromatic heterocycles. The molecule has 5 rings (SSSR count). The van der Waals surface area contributed by atoms with E-state index in [1.165, 1.54) is 40.3 Å². The molecule has 3 heterocycles. The molecule has 0 N–H and O–H groups in total. The molecule has 1 unspecified atom stereocenters. The van der Waals surface area contributed by atoms with Crippen LogP contribution in [0.1, 0.15) is 31.7 Å². The van der Waals surface area contributed by atoms with Crippen molar-refractivity contribution in [3.63, 3.8) is 0 Å². The van der Waals surface area contributed by atoms with Crippen molar-refractivity contribution >= 4 is 33.2 Å². The van der Waals surface area contributed by atoms with Crippen molar-refractivity contribution in [3.05, 3.63) is 59.1 Å². The maximum Gasteiger partial charge on any atom is 0.245 e. The van der Waals surface area contributed by atoms with Crippen molar-refractivity contribution in [3.8, 4) is 0 Å². The van der Waals surface area contributed by atoms with Crippen LogP contribution in [0.15, 0.2) is 58.5 Å². The Labute approximate surface area is 170 Å². The van der Waals surface area contributed by atoms with E-state index in [0.29, 0.717) is 3.51 Å². The van der Waals surface area contributed by atoms with E-state index in [2.05, 4.69) is 76.5 Å². The Morgan fingerprint density at radius 2 is 1.93 bits per heavy atom. The average Bonchev–Trinajstić information content (AvgIpc) is 2.77. The molecule has 1 atom stereocenters. The SMILES string of the molecule is CC1=NC2=C3C(=CC=C[N+]3(Br)c3cc(N4CCN(C)CC4)ccc31)CCC2. The van der Waals surface area contributed by atoms with Crippen molar-refractivity contribution in [1.82, 2.24) is 8.41 Å². The lowest BCUT2D eigenvalue weighted by molar-refractivity contribution is 0.313. The highest BCUT2D eigenvalue weighted by atomic mass is 79.9. The first kappa shape index (κ1) is 17.4. The second-order valence-electron chi connectivity index (χ2n) is 8.01. The largest absolute Gasteiger partial charge is 0.369 e. The maximum absolute atomic E-state index is 5.07. The molecule has 5 heteroatoms. The van der Waals surface area contributed by atoms with Gasteiger partial charge in [-0.3, -0.25) is 4.99 Å². The lowest BCUT2D eigenvalue weighted by Crippen LogP contribution is -2.44. The van der Waals surface area contributed by atoms with Crippen LogP contribution in [0, 0.1) is 0 Å². The summed E-state index contributed by atoms with van der Waals surface area (Å²) in [6, 6.07) is 6.93. The van der Waals surface area contributed by atoms with Crippen molar-refractivity contribution in [2.75, 3.05) is 38.1 Å². The van der Waals surface area contributed by atoms with Crippen molar-refractivity contribution in [1.29, 1.82) is 0 Å². The molecule has 1 aromatic carbocycles. The number of allylic oxidation sites excluding steroid dienone is 4. The van der Waals surface area contributed by atoms with Gasteiger partial charge in [-0.25, -0.2) is 0 Å². The number of quaternary nitrogens is 1. The van der Waals surface area contributed by atoms with E-state index in [1.54, 1.807) is 0 Å². The molecule has 3 aliphatic heterocycles. The number of hydrogen-bond acceptors (Lipinski definition) is 3. The minimum atomic E-state index is 0.561. The van der Waals surface area contributed by atoms with Crippen LogP contribution >= 0.6 is 16.1 Å². The number of aliphatic imine (C=N–C) groups is 1. The zero-order valence-corrected chi connectivity index (χ0v) is 17.7. The Morgan fingerprint density at radius 3 is 2.74 bits per heavy atom. The van der Waals surface area contributed by atoms with Gasteiger partial charge < -0.3 is 9.80 Å². The average molecular weight is 426 g/mol. The first-order chi connectivity index (χ1) is 13.1. The van der Waals surface area contributed by atoms with Gasteiger partial charge >= 0.3 is 0 Å². The second kappa shape index (κ2) is 6.43. The first-order valence-corrected chi connectivity index (χ1v) is 10.6. The molecule has 1 aliphatic carbocycles. The summed E-state index contributed by atoms with van der Waals surface area (Å²) < 4.78 is 0.561. The quantitative estimate of drug-likeness (QED) is 0.605. The van der Waals surface area contributed by atoms with Gasteiger partial charge in [0.1, 0.15) is 11.9 Å². The van der Waals surface area contributed by atoms with Gasteiger partial charge in [0, 0.05) is 43.5 Å². The normalized spacial score (nSPS) is 27.6. The summed E-state index contributed by atoms with van der Waals surface area (Å²) in [4.78, 5) is 9.99. The van der Waals surface area contributed by atoms with E-state index in [1.807, 2.05) is 0 Å². The predicted molar refractivity (Wildman–Crippen MR) is 117 cm³/mol. The molecule has 0 saturated carbocycles. The van der Waals surface area contributed by atoms with Crippen molar-refractivity contribution in [2.24, 2.45) is 4.99 Å². The van der Waals surface area contributed by atoms with Crippen LogP contribution < -0.4 is 8.41 Å². The number of anilines is 1. The summed E-state index contributed by atoms with van der Waals surface area (Å²) >= 11 is 4.12. The molecule has 4 aliphatic rings. The molecular formula is C22H26BrN4+. The molecule has 0 amide bonds. The third kappa shape index (κ3) is 2.75. The minimum absolute atomic E-state index is 0.561. The molecule has 1 aromatic rings. The summed E-state index contributed by atoms with van der Waals surface area (Å²) in [7, 11) is 2.20. The fraction of sp³-hybridized carbons (Fsp3) is 0.409. The number of likely N-dealkylation sites (N-methyl/N-ethyl adjacent to an activating group) is 1. The molecule has 140 valence electrons. The number of halogens is 1. The molecule has 0 bridgehead atoms. The van der Waals surface area contributed by atoms with Gasteiger partial charge in [0.05, 0.1) is 11.3 Å².